The summed E-state index contributed by atoms with van der Waals surface area (Å²) in [5.74, 6) is -1.76. The van der Waals surface area contributed by atoms with Crippen LogP contribution in [0.1, 0.15) is 45.1 Å². The Hall–Kier alpha value is -3.64. The second-order valence-corrected chi connectivity index (χ2v) is 10.7. The van der Waals surface area contributed by atoms with Crippen molar-refractivity contribution in [1.82, 2.24) is 4.98 Å². The molecule has 0 radical (unpaired) electrons. The Bertz CT molecular complexity index is 1370. The number of hydrogen-bond acceptors (Lipinski definition) is 5. The molecule has 2 aliphatic rings. The summed E-state index contributed by atoms with van der Waals surface area (Å²) >= 11 is 0. The largest absolute Gasteiger partial charge is 0.481 e. The molecular formula is C29H31F2N3O4. The fourth-order valence-corrected chi connectivity index (χ4v) is 5.61. The molecular weight excluding hydrogens is 492 g/mol. The molecule has 0 atom stereocenters. The molecule has 5 rings (SSSR count). The number of aromatic amines is 1. The number of rotatable bonds is 6. The van der Waals surface area contributed by atoms with Crippen LogP contribution >= 0.6 is 0 Å². The van der Waals surface area contributed by atoms with E-state index >= 15 is 8.78 Å². The minimum atomic E-state index is -0.802. The summed E-state index contributed by atoms with van der Waals surface area (Å²) in [6.07, 6.45) is 2.64. The van der Waals surface area contributed by atoms with Gasteiger partial charge >= 0.3 is 5.97 Å². The van der Waals surface area contributed by atoms with E-state index in [0.29, 0.717) is 67.2 Å². The van der Waals surface area contributed by atoms with Gasteiger partial charge in [0.1, 0.15) is 29.4 Å². The molecule has 200 valence electrons. The Kier molecular flexibility index (Phi) is 7.01. The lowest BCUT2D eigenvalue weighted by Crippen LogP contribution is -2.37. The summed E-state index contributed by atoms with van der Waals surface area (Å²) in [5.41, 5.74) is 0.776. The quantitative estimate of drug-likeness (QED) is 0.419. The van der Waals surface area contributed by atoms with E-state index in [2.05, 4.69) is 11.1 Å². The first kappa shape index (κ1) is 26.0. The molecule has 1 aliphatic heterocycles. The van der Waals surface area contributed by atoms with Gasteiger partial charge in [0.05, 0.1) is 24.2 Å². The average molecular weight is 524 g/mol. The number of nitrogens with zero attached hydrogens (tertiary/aromatic N) is 2. The van der Waals surface area contributed by atoms with Gasteiger partial charge in [0.25, 0.3) is 0 Å². The SMILES string of the molecule is CC(C)(C(=O)O)C1CCC(Oc2[nH]c3ccc(-c4c(F)cc(N5CCOCC5)cc4F)cc3c2C#N)CC1. The molecule has 1 aromatic heterocycles. The van der Waals surface area contributed by atoms with Gasteiger partial charge in [0.15, 0.2) is 0 Å². The van der Waals surface area contributed by atoms with Crippen LogP contribution in [0.2, 0.25) is 0 Å². The highest BCUT2D eigenvalue weighted by Crippen LogP contribution is 2.41. The number of halogens is 2. The summed E-state index contributed by atoms with van der Waals surface area (Å²) in [7, 11) is 0. The maximum atomic E-state index is 15.2. The van der Waals surface area contributed by atoms with Crippen molar-refractivity contribution in [1.29, 1.82) is 5.26 Å². The number of carboxylic acid groups (broad SMARTS) is 1. The molecule has 0 unspecified atom stereocenters. The van der Waals surface area contributed by atoms with Gasteiger partial charge < -0.3 is 24.5 Å². The van der Waals surface area contributed by atoms with E-state index < -0.39 is 23.0 Å². The molecule has 2 aromatic carbocycles. The predicted octanol–water partition coefficient (Wildman–Crippen LogP) is 5.87. The van der Waals surface area contributed by atoms with Crippen molar-refractivity contribution >= 4 is 22.6 Å². The summed E-state index contributed by atoms with van der Waals surface area (Å²) in [6.45, 7) is 5.68. The summed E-state index contributed by atoms with van der Waals surface area (Å²) in [4.78, 5) is 16.6. The van der Waals surface area contributed by atoms with Gasteiger partial charge in [-0.3, -0.25) is 4.79 Å². The molecule has 1 saturated heterocycles. The van der Waals surface area contributed by atoms with Crippen LogP contribution in [0.3, 0.4) is 0 Å². The van der Waals surface area contributed by atoms with Crippen molar-refractivity contribution in [3.05, 3.63) is 47.5 Å². The number of anilines is 1. The standard InChI is InChI=1S/C29H31F2N3O4/c1-29(2,28(35)36)18-4-6-20(7-5-18)38-27-22(16-32)21-13-17(3-8-25(21)33-27)26-23(30)14-19(15-24(26)31)34-9-11-37-12-10-34/h3,8,13-15,18,20,33H,4-7,9-12H2,1-2H3,(H,35,36). The molecule has 2 fully saturated rings. The molecule has 0 bridgehead atoms. The van der Waals surface area contributed by atoms with E-state index in [4.69, 9.17) is 9.47 Å². The van der Waals surface area contributed by atoms with Crippen molar-refractivity contribution < 1.29 is 28.2 Å². The van der Waals surface area contributed by atoms with Crippen LogP contribution in [0.5, 0.6) is 5.88 Å². The van der Waals surface area contributed by atoms with Gasteiger partial charge in [0.2, 0.25) is 5.88 Å². The Morgan fingerprint density at radius 3 is 2.39 bits per heavy atom. The molecule has 1 saturated carbocycles. The van der Waals surface area contributed by atoms with Gasteiger partial charge in [-0.1, -0.05) is 6.07 Å². The average Bonchev–Trinajstić information content (AvgIpc) is 3.25. The maximum Gasteiger partial charge on any atom is 0.309 e. The van der Waals surface area contributed by atoms with Crippen LogP contribution < -0.4 is 9.64 Å². The molecule has 2 N–H and O–H groups in total. The number of H-pyrrole nitrogens is 1. The highest BCUT2D eigenvalue weighted by atomic mass is 19.1. The third kappa shape index (κ3) is 4.81. The van der Waals surface area contributed by atoms with Gasteiger partial charge in [-0.15, -0.1) is 0 Å². The fourth-order valence-electron chi connectivity index (χ4n) is 5.61. The minimum Gasteiger partial charge on any atom is -0.481 e. The number of nitrogens with one attached hydrogen (secondary N) is 1. The Labute approximate surface area is 220 Å². The highest BCUT2D eigenvalue weighted by molar-refractivity contribution is 5.92. The fraction of sp³-hybridized carbons (Fsp3) is 0.448. The van der Waals surface area contributed by atoms with Gasteiger partial charge in [-0.25, -0.2) is 8.78 Å². The van der Waals surface area contributed by atoms with Crippen molar-refractivity contribution in [3.63, 3.8) is 0 Å². The lowest BCUT2D eigenvalue weighted by molar-refractivity contribution is -0.151. The third-order valence-corrected chi connectivity index (χ3v) is 8.10. The first-order chi connectivity index (χ1) is 18.2. The molecule has 9 heteroatoms. The van der Waals surface area contributed by atoms with Crippen molar-refractivity contribution in [2.24, 2.45) is 11.3 Å². The molecule has 7 nitrogen and oxygen atoms in total. The minimum absolute atomic E-state index is 0.0555. The van der Waals surface area contributed by atoms with Crippen LogP contribution in [0.15, 0.2) is 30.3 Å². The zero-order chi connectivity index (χ0) is 27.0. The number of ether oxygens (including phenoxy) is 2. The number of fused-ring (bicyclic) bond motifs is 1. The van der Waals surface area contributed by atoms with Crippen LogP contribution in [0.4, 0.5) is 14.5 Å². The Morgan fingerprint density at radius 1 is 1.13 bits per heavy atom. The molecule has 3 aromatic rings. The second kappa shape index (κ2) is 10.3. The molecule has 1 aliphatic carbocycles. The Morgan fingerprint density at radius 2 is 1.79 bits per heavy atom. The van der Waals surface area contributed by atoms with Crippen molar-refractivity contribution in [3.8, 4) is 23.1 Å². The lowest BCUT2D eigenvalue weighted by atomic mass is 9.70. The van der Waals surface area contributed by atoms with E-state index in [-0.39, 0.29) is 23.1 Å². The molecule has 38 heavy (non-hydrogen) atoms. The summed E-state index contributed by atoms with van der Waals surface area (Å²) in [6, 6.07) is 9.78. The number of carbonyl (C=O) groups is 1. The topological polar surface area (TPSA) is 98.6 Å². The summed E-state index contributed by atoms with van der Waals surface area (Å²) in [5, 5.41) is 20.0. The normalized spacial score (nSPS) is 20.3. The second-order valence-electron chi connectivity index (χ2n) is 10.7. The van der Waals surface area contributed by atoms with Crippen LogP contribution in [0, 0.1) is 34.3 Å². The van der Waals surface area contributed by atoms with E-state index in [1.54, 1.807) is 32.0 Å². The van der Waals surface area contributed by atoms with Crippen LogP contribution in [-0.4, -0.2) is 48.5 Å². The number of aliphatic carboxylic acids is 1. The number of morpholine rings is 1. The number of carboxylic acids is 1. The predicted molar refractivity (Wildman–Crippen MR) is 139 cm³/mol. The zero-order valence-electron chi connectivity index (χ0n) is 21.5. The van der Waals surface area contributed by atoms with Gasteiger partial charge in [-0.2, -0.15) is 5.26 Å². The Balaban J connectivity index is 1.38. The third-order valence-electron chi connectivity index (χ3n) is 8.10. The van der Waals surface area contributed by atoms with Gasteiger partial charge in [-0.05, 0) is 75.3 Å². The smallest absolute Gasteiger partial charge is 0.309 e. The number of aromatic nitrogens is 1. The summed E-state index contributed by atoms with van der Waals surface area (Å²) < 4.78 is 41.9. The van der Waals surface area contributed by atoms with Gasteiger partial charge in [0, 0.05) is 29.7 Å². The first-order valence-corrected chi connectivity index (χ1v) is 13.0. The molecule has 0 amide bonds. The van der Waals surface area contributed by atoms with E-state index in [1.807, 2.05) is 4.90 Å². The number of benzene rings is 2. The number of hydrogen-bond donors (Lipinski definition) is 2. The molecule has 2 heterocycles. The van der Waals surface area contributed by atoms with Crippen molar-refractivity contribution in [2.45, 2.75) is 45.6 Å². The monoisotopic (exact) mass is 523 g/mol. The van der Waals surface area contributed by atoms with Crippen LogP contribution in [-0.2, 0) is 9.53 Å². The van der Waals surface area contributed by atoms with E-state index in [0.717, 1.165) is 12.8 Å². The van der Waals surface area contributed by atoms with E-state index in [9.17, 15) is 15.2 Å². The highest BCUT2D eigenvalue weighted by Gasteiger charge is 2.39. The number of nitriles is 1. The first-order valence-electron chi connectivity index (χ1n) is 13.0. The zero-order valence-corrected chi connectivity index (χ0v) is 21.5. The van der Waals surface area contributed by atoms with E-state index in [1.165, 1.54) is 12.1 Å². The van der Waals surface area contributed by atoms with Crippen molar-refractivity contribution in [2.75, 3.05) is 31.2 Å². The van der Waals surface area contributed by atoms with Crippen LogP contribution in [0.25, 0.3) is 22.0 Å². The lowest BCUT2D eigenvalue weighted by Gasteiger charge is -2.36. The molecule has 0 spiro atoms. The maximum absolute atomic E-state index is 15.2.